The molecule has 2 saturated heterocycles. The van der Waals surface area contributed by atoms with E-state index in [4.69, 9.17) is 0 Å². The molecule has 2 fully saturated rings. The van der Waals surface area contributed by atoms with Gasteiger partial charge in [-0.05, 0) is 63.6 Å². The molecule has 2 aliphatic heterocycles. The third-order valence-electron chi connectivity index (χ3n) is 6.98. The van der Waals surface area contributed by atoms with Crippen LogP contribution in [0.5, 0.6) is 0 Å². The van der Waals surface area contributed by atoms with E-state index in [1.54, 1.807) is 30.9 Å². The van der Waals surface area contributed by atoms with Crippen LogP contribution in [0.3, 0.4) is 0 Å². The number of piperidine rings is 2. The first-order valence-electron chi connectivity index (χ1n) is 12.2. The fourth-order valence-corrected chi connectivity index (χ4v) is 6.90. The number of halogens is 1. The number of carbonyl (C=O) groups excluding carboxylic acids is 2. The number of likely N-dealkylation sites (tertiary alicyclic amines) is 1. The number of hydrogen-bond donors (Lipinski definition) is 2. The second-order valence-corrected chi connectivity index (χ2v) is 11.3. The second-order valence-electron chi connectivity index (χ2n) is 9.45. The summed E-state index contributed by atoms with van der Waals surface area (Å²) in [7, 11) is -3.91. The molecule has 35 heavy (non-hydrogen) atoms. The number of sulfonamides is 1. The van der Waals surface area contributed by atoms with E-state index in [0.717, 1.165) is 24.8 Å². The average molecular weight is 505 g/mol. The Morgan fingerprint density at radius 3 is 2.26 bits per heavy atom. The van der Waals surface area contributed by atoms with Crippen molar-refractivity contribution >= 4 is 21.8 Å². The maximum absolute atomic E-state index is 13.6. The minimum Gasteiger partial charge on any atom is -0.361 e. The van der Waals surface area contributed by atoms with Gasteiger partial charge < -0.3 is 15.2 Å². The lowest BCUT2D eigenvalue weighted by Gasteiger charge is -2.31. The van der Waals surface area contributed by atoms with E-state index in [-0.39, 0.29) is 47.1 Å². The molecule has 0 atom stereocenters. The molecular weight excluding hydrogens is 471 g/mol. The van der Waals surface area contributed by atoms with Crippen LogP contribution in [-0.4, -0.2) is 60.6 Å². The maximum Gasteiger partial charge on any atom is 0.257 e. The van der Waals surface area contributed by atoms with Crippen LogP contribution in [0.4, 0.5) is 4.39 Å². The minimum absolute atomic E-state index is 0.0600. The SMILES string of the molecule is Cc1[nH]c(C)c(S(=O)(=O)N2CCC(C(=O)NCc3ccc(F)cc3)CC2)c1C(=O)N1CCCCC1. The molecule has 8 nitrogen and oxygen atoms in total. The largest absolute Gasteiger partial charge is 0.361 e. The van der Waals surface area contributed by atoms with Crippen molar-refractivity contribution in [3.63, 3.8) is 0 Å². The van der Waals surface area contributed by atoms with Crippen molar-refractivity contribution in [2.24, 2.45) is 5.92 Å². The first kappa shape index (κ1) is 25.4. The summed E-state index contributed by atoms with van der Waals surface area (Å²) in [6.45, 7) is 5.40. The van der Waals surface area contributed by atoms with E-state index < -0.39 is 10.0 Å². The molecule has 1 aromatic carbocycles. The van der Waals surface area contributed by atoms with Crippen molar-refractivity contribution < 1.29 is 22.4 Å². The molecule has 3 heterocycles. The Kier molecular flexibility index (Phi) is 7.61. The number of aryl methyl sites for hydroxylation is 2. The first-order chi connectivity index (χ1) is 16.7. The van der Waals surface area contributed by atoms with Crippen LogP contribution < -0.4 is 5.32 Å². The van der Waals surface area contributed by atoms with Gasteiger partial charge in [0.15, 0.2) is 0 Å². The monoisotopic (exact) mass is 504 g/mol. The molecule has 4 rings (SSSR count). The van der Waals surface area contributed by atoms with Gasteiger partial charge in [-0.25, -0.2) is 12.8 Å². The van der Waals surface area contributed by atoms with Crippen molar-refractivity contribution in [1.29, 1.82) is 0 Å². The summed E-state index contributed by atoms with van der Waals surface area (Å²) >= 11 is 0. The number of hydrogen-bond acceptors (Lipinski definition) is 4. The van der Waals surface area contributed by atoms with Crippen molar-refractivity contribution in [3.05, 3.63) is 52.6 Å². The summed E-state index contributed by atoms with van der Waals surface area (Å²) in [6.07, 6.45) is 3.71. The van der Waals surface area contributed by atoms with Crippen molar-refractivity contribution in [1.82, 2.24) is 19.5 Å². The number of carbonyl (C=O) groups is 2. The zero-order chi connectivity index (χ0) is 25.2. The van der Waals surface area contributed by atoms with Gasteiger partial charge in [0, 0.05) is 50.0 Å². The number of rotatable bonds is 6. The van der Waals surface area contributed by atoms with Gasteiger partial charge in [0.1, 0.15) is 10.7 Å². The lowest BCUT2D eigenvalue weighted by molar-refractivity contribution is -0.126. The van der Waals surface area contributed by atoms with Crippen LogP contribution in [-0.2, 0) is 21.4 Å². The average Bonchev–Trinajstić information content (AvgIpc) is 3.17. The van der Waals surface area contributed by atoms with Crippen LogP contribution in [0, 0.1) is 25.6 Å². The van der Waals surface area contributed by atoms with Gasteiger partial charge in [-0.1, -0.05) is 12.1 Å². The van der Waals surface area contributed by atoms with Gasteiger partial charge >= 0.3 is 0 Å². The van der Waals surface area contributed by atoms with Crippen LogP contribution in [0.25, 0.3) is 0 Å². The molecule has 0 spiro atoms. The zero-order valence-corrected chi connectivity index (χ0v) is 21.1. The first-order valence-corrected chi connectivity index (χ1v) is 13.6. The van der Waals surface area contributed by atoms with Gasteiger partial charge in [0.25, 0.3) is 5.91 Å². The maximum atomic E-state index is 13.6. The summed E-state index contributed by atoms with van der Waals surface area (Å²) < 4.78 is 41.7. The van der Waals surface area contributed by atoms with Crippen LogP contribution in [0.15, 0.2) is 29.2 Å². The van der Waals surface area contributed by atoms with Crippen LogP contribution >= 0.6 is 0 Å². The minimum atomic E-state index is -3.91. The Hall–Kier alpha value is -2.72. The topological polar surface area (TPSA) is 103 Å². The van der Waals surface area contributed by atoms with Gasteiger partial charge in [0.05, 0.1) is 5.56 Å². The smallest absolute Gasteiger partial charge is 0.257 e. The summed E-state index contributed by atoms with van der Waals surface area (Å²) in [4.78, 5) is 30.8. The number of aromatic amines is 1. The number of amides is 2. The number of benzene rings is 1. The fraction of sp³-hybridized carbons (Fsp3) is 0.520. The quantitative estimate of drug-likeness (QED) is 0.631. The Labute approximate surface area is 205 Å². The van der Waals surface area contributed by atoms with Gasteiger partial charge in [-0.3, -0.25) is 9.59 Å². The Morgan fingerprint density at radius 1 is 1.00 bits per heavy atom. The molecule has 2 N–H and O–H groups in total. The molecule has 0 radical (unpaired) electrons. The van der Waals surface area contributed by atoms with Gasteiger partial charge in [0.2, 0.25) is 15.9 Å². The summed E-state index contributed by atoms with van der Waals surface area (Å²) in [5, 5.41) is 2.86. The molecule has 2 aliphatic rings. The molecule has 190 valence electrons. The van der Waals surface area contributed by atoms with Crippen LogP contribution in [0.2, 0.25) is 0 Å². The van der Waals surface area contributed by atoms with Crippen LogP contribution in [0.1, 0.15) is 59.4 Å². The standard InChI is InChI=1S/C25H33FN4O4S/c1-17-22(25(32)29-12-4-3-5-13-29)23(18(2)28-17)35(33,34)30-14-10-20(11-15-30)24(31)27-16-19-6-8-21(26)9-7-19/h6-9,20,28H,3-5,10-16H2,1-2H3,(H,27,31). The molecule has 2 aromatic rings. The molecule has 2 amide bonds. The van der Waals surface area contributed by atoms with E-state index in [1.165, 1.54) is 16.4 Å². The highest BCUT2D eigenvalue weighted by Gasteiger charge is 2.38. The molecule has 0 bridgehead atoms. The van der Waals surface area contributed by atoms with E-state index >= 15 is 0 Å². The fourth-order valence-electron chi connectivity index (χ4n) is 5.02. The summed E-state index contributed by atoms with van der Waals surface area (Å²) in [5.41, 5.74) is 2.06. The van der Waals surface area contributed by atoms with E-state index in [0.29, 0.717) is 43.9 Å². The summed E-state index contributed by atoms with van der Waals surface area (Å²) in [6, 6.07) is 5.93. The third-order valence-corrected chi connectivity index (χ3v) is 9.05. The predicted molar refractivity (Wildman–Crippen MR) is 130 cm³/mol. The molecule has 0 unspecified atom stereocenters. The third kappa shape index (κ3) is 5.43. The Balaban J connectivity index is 1.43. The highest BCUT2D eigenvalue weighted by Crippen LogP contribution is 2.31. The van der Waals surface area contributed by atoms with Crippen molar-refractivity contribution in [2.45, 2.75) is 57.4 Å². The van der Waals surface area contributed by atoms with E-state index in [9.17, 15) is 22.4 Å². The summed E-state index contributed by atoms with van der Waals surface area (Å²) in [5.74, 6) is -1.01. The molecule has 0 saturated carbocycles. The van der Waals surface area contributed by atoms with E-state index in [2.05, 4.69) is 10.3 Å². The lowest BCUT2D eigenvalue weighted by Crippen LogP contribution is -2.43. The van der Waals surface area contributed by atoms with E-state index in [1.807, 2.05) is 0 Å². The zero-order valence-electron chi connectivity index (χ0n) is 20.3. The van der Waals surface area contributed by atoms with Crippen molar-refractivity contribution in [3.8, 4) is 0 Å². The normalized spacial score (nSPS) is 18.0. The highest BCUT2D eigenvalue weighted by molar-refractivity contribution is 7.89. The van der Waals surface area contributed by atoms with Crippen molar-refractivity contribution in [2.75, 3.05) is 26.2 Å². The molecule has 1 aromatic heterocycles. The lowest BCUT2D eigenvalue weighted by atomic mass is 9.97. The predicted octanol–water partition coefficient (Wildman–Crippen LogP) is 3.11. The molecule has 10 heteroatoms. The molecule has 0 aliphatic carbocycles. The number of aromatic nitrogens is 1. The van der Waals surface area contributed by atoms with Gasteiger partial charge in [-0.2, -0.15) is 4.31 Å². The number of nitrogens with one attached hydrogen (secondary N) is 2. The Morgan fingerprint density at radius 2 is 1.63 bits per heavy atom. The van der Waals surface area contributed by atoms with Gasteiger partial charge in [-0.15, -0.1) is 0 Å². The molecular formula is C25H33FN4O4S. The Bertz CT molecular complexity index is 1180. The number of H-pyrrole nitrogens is 1. The number of nitrogens with zero attached hydrogens (tertiary/aromatic N) is 2. The second kappa shape index (κ2) is 10.5. The highest BCUT2D eigenvalue weighted by atomic mass is 32.2.